The van der Waals surface area contributed by atoms with Gasteiger partial charge in [0.1, 0.15) is 0 Å². The minimum atomic E-state index is -0.465. The summed E-state index contributed by atoms with van der Waals surface area (Å²) in [6.07, 6.45) is 4.77. The van der Waals surface area contributed by atoms with Crippen LogP contribution in [0.4, 0.5) is 0 Å². The summed E-state index contributed by atoms with van der Waals surface area (Å²) < 4.78 is 7.60. The van der Waals surface area contributed by atoms with Gasteiger partial charge in [-0.15, -0.1) is 0 Å². The summed E-state index contributed by atoms with van der Waals surface area (Å²) in [6.45, 7) is 2.01. The molecular weight excluding hydrogens is 360 g/mol. The van der Waals surface area contributed by atoms with Crippen molar-refractivity contribution in [3.63, 3.8) is 0 Å². The Balaban J connectivity index is 2.12. The molecule has 0 spiro atoms. The Labute approximate surface area is 141 Å². The van der Waals surface area contributed by atoms with E-state index in [0.29, 0.717) is 22.3 Å². The molecule has 0 N–H and O–H groups in total. The number of fused-ring (bicyclic) bond motifs is 1. The maximum atomic E-state index is 12.8. The Kier molecular flexibility index (Phi) is 4.25. The molecular formula is C17H13BrN2O3. The number of aromatic nitrogens is 2. The van der Waals surface area contributed by atoms with Crippen LogP contribution in [0.2, 0.25) is 0 Å². The van der Waals surface area contributed by atoms with Crippen molar-refractivity contribution >= 4 is 33.2 Å². The molecule has 0 atom stereocenters. The van der Waals surface area contributed by atoms with Gasteiger partial charge in [-0.05, 0) is 37.3 Å². The Bertz CT molecular complexity index is 884. The van der Waals surface area contributed by atoms with E-state index in [1.807, 2.05) is 0 Å². The van der Waals surface area contributed by atoms with Crippen molar-refractivity contribution in [2.75, 3.05) is 6.61 Å². The van der Waals surface area contributed by atoms with Crippen molar-refractivity contribution in [3.05, 3.63) is 70.2 Å². The van der Waals surface area contributed by atoms with Gasteiger partial charge in [0.15, 0.2) is 0 Å². The summed E-state index contributed by atoms with van der Waals surface area (Å²) in [7, 11) is 0. The molecule has 116 valence electrons. The van der Waals surface area contributed by atoms with Crippen molar-refractivity contribution in [2.24, 2.45) is 0 Å². The molecule has 0 amide bonds. The van der Waals surface area contributed by atoms with Crippen LogP contribution in [0.5, 0.6) is 0 Å². The summed E-state index contributed by atoms with van der Waals surface area (Å²) >= 11 is 3.35. The normalized spacial score (nSPS) is 10.7. The van der Waals surface area contributed by atoms with Crippen molar-refractivity contribution in [3.8, 4) is 0 Å². The standard InChI is InChI=1S/C17H13BrN2O3/c1-2-23-17(22)13-9-14(20-8-7-19-10-15(13)20)16(21)11-3-5-12(18)6-4-11/h3-10H,2H2,1H3. The largest absolute Gasteiger partial charge is 0.462 e. The fourth-order valence-electron chi connectivity index (χ4n) is 2.35. The van der Waals surface area contributed by atoms with Gasteiger partial charge in [0.25, 0.3) is 0 Å². The lowest BCUT2D eigenvalue weighted by Crippen LogP contribution is -2.04. The fraction of sp³-hybridized carbons (Fsp3) is 0.118. The second-order valence-electron chi connectivity index (χ2n) is 4.83. The molecule has 0 aliphatic carbocycles. The average molecular weight is 373 g/mol. The zero-order chi connectivity index (χ0) is 16.4. The van der Waals surface area contributed by atoms with Crippen LogP contribution < -0.4 is 0 Å². The van der Waals surface area contributed by atoms with Crippen molar-refractivity contribution < 1.29 is 14.3 Å². The number of hydrogen-bond donors (Lipinski definition) is 0. The van der Waals surface area contributed by atoms with E-state index in [1.165, 1.54) is 0 Å². The van der Waals surface area contributed by atoms with Crippen LogP contribution >= 0.6 is 15.9 Å². The minimum absolute atomic E-state index is 0.172. The summed E-state index contributed by atoms with van der Waals surface area (Å²) in [5, 5.41) is 0. The molecule has 0 bridgehead atoms. The quantitative estimate of drug-likeness (QED) is 0.519. The van der Waals surface area contributed by atoms with E-state index in [-0.39, 0.29) is 12.4 Å². The molecule has 3 aromatic rings. The molecule has 5 nitrogen and oxygen atoms in total. The predicted molar refractivity (Wildman–Crippen MR) is 88.7 cm³/mol. The molecule has 0 unspecified atom stereocenters. The Morgan fingerprint density at radius 2 is 2.00 bits per heavy atom. The molecule has 0 radical (unpaired) electrons. The van der Waals surface area contributed by atoms with Crippen LogP contribution in [0.25, 0.3) is 5.52 Å². The smallest absolute Gasteiger partial charge is 0.340 e. The summed E-state index contributed by atoms with van der Waals surface area (Å²) in [4.78, 5) is 28.9. The average Bonchev–Trinajstić information content (AvgIpc) is 2.95. The minimum Gasteiger partial charge on any atom is -0.462 e. The van der Waals surface area contributed by atoms with E-state index in [1.54, 1.807) is 60.2 Å². The number of ether oxygens (including phenoxy) is 1. The molecule has 0 aliphatic heterocycles. The molecule has 23 heavy (non-hydrogen) atoms. The number of rotatable bonds is 4. The maximum Gasteiger partial charge on any atom is 0.340 e. The van der Waals surface area contributed by atoms with Crippen LogP contribution in [-0.4, -0.2) is 27.7 Å². The van der Waals surface area contributed by atoms with E-state index in [2.05, 4.69) is 20.9 Å². The van der Waals surface area contributed by atoms with E-state index in [4.69, 9.17) is 4.74 Å². The first-order valence-electron chi connectivity index (χ1n) is 7.04. The lowest BCUT2D eigenvalue weighted by atomic mass is 10.1. The summed E-state index contributed by atoms with van der Waals surface area (Å²) in [5.74, 6) is -0.637. The second-order valence-corrected chi connectivity index (χ2v) is 5.75. The monoisotopic (exact) mass is 372 g/mol. The van der Waals surface area contributed by atoms with E-state index >= 15 is 0 Å². The van der Waals surface area contributed by atoms with Gasteiger partial charge in [0.2, 0.25) is 5.78 Å². The molecule has 6 heteroatoms. The SMILES string of the molecule is CCOC(=O)c1cc(C(=O)c2ccc(Br)cc2)n2ccncc12. The number of ketones is 1. The summed E-state index contributed by atoms with van der Waals surface area (Å²) in [6, 6.07) is 8.63. The first-order chi connectivity index (χ1) is 11.1. The highest BCUT2D eigenvalue weighted by atomic mass is 79.9. The van der Waals surface area contributed by atoms with Crippen LogP contribution in [0.15, 0.2) is 53.4 Å². The molecule has 3 rings (SSSR count). The lowest BCUT2D eigenvalue weighted by Gasteiger charge is -2.02. The third kappa shape index (κ3) is 2.90. The molecule has 0 saturated heterocycles. The maximum absolute atomic E-state index is 12.8. The van der Waals surface area contributed by atoms with E-state index in [0.717, 1.165) is 4.47 Å². The van der Waals surface area contributed by atoms with Crippen LogP contribution in [0, 0.1) is 0 Å². The Hall–Kier alpha value is -2.47. The second kappa shape index (κ2) is 6.34. The summed E-state index contributed by atoms with van der Waals surface area (Å²) in [5.41, 5.74) is 1.82. The van der Waals surface area contributed by atoms with Crippen molar-refractivity contribution in [1.29, 1.82) is 0 Å². The van der Waals surface area contributed by atoms with Gasteiger partial charge < -0.3 is 9.14 Å². The molecule has 0 fully saturated rings. The van der Waals surface area contributed by atoms with Crippen LogP contribution in [0.3, 0.4) is 0 Å². The Morgan fingerprint density at radius 3 is 2.70 bits per heavy atom. The molecule has 2 aromatic heterocycles. The van der Waals surface area contributed by atoms with Gasteiger partial charge in [-0.1, -0.05) is 15.9 Å². The molecule has 0 saturated carbocycles. The van der Waals surface area contributed by atoms with Gasteiger partial charge in [0, 0.05) is 22.4 Å². The number of nitrogens with zero attached hydrogens (tertiary/aromatic N) is 2. The molecule has 0 aliphatic rings. The van der Waals surface area contributed by atoms with Gasteiger partial charge in [-0.25, -0.2) is 4.79 Å². The van der Waals surface area contributed by atoms with E-state index < -0.39 is 5.97 Å². The van der Waals surface area contributed by atoms with Crippen LogP contribution in [-0.2, 0) is 4.74 Å². The number of halogens is 1. The topological polar surface area (TPSA) is 60.7 Å². The van der Waals surface area contributed by atoms with Gasteiger partial charge in [-0.2, -0.15) is 0 Å². The first kappa shape index (κ1) is 15.4. The highest BCUT2D eigenvalue weighted by Gasteiger charge is 2.21. The number of hydrogen-bond acceptors (Lipinski definition) is 4. The zero-order valence-corrected chi connectivity index (χ0v) is 13.9. The number of benzene rings is 1. The molecule has 1 aromatic carbocycles. The van der Waals surface area contributed by atoms with Crippen LogP contribution in [0.1, 0.15) is 33.3 Å². The predicted octanol–water partition coefficient (Wildman–Crippen LogP) is 3.50. The number of carbonyl (C=O) groups excluding carboxylic acids is 2. The zero-order valence-electron chi connectivity index (χ0n) is 12.3. The third-order valence-corrected chi connectivity index (χ3v) is 3.94. The van der Waals surface area contributed by atoms with Gasteiger partial charge in [0.05, 0.1) is 29.6 Å². The van der Waals surface area contributed by atoms with Gasteiger partial charge in [-0.3, -0.25) is 9.78 Å². The van der Waals surface area contributed by atoms with E-state index in [9.17, 15) is 9.59 Å². The third-order valence-electron chi connectivity index (χ3n) is 3.41. The van der Waals surface area contributed by atoms with Gasteiger partial charge >= 0.3 is 5.97 Å². The van der Waals surface area contributed by atoms with Crippen molar-refractivity contribution in [1.82, 2.24) is 9.38 Å². The highest BCUT2D eigenvalue weighted by Crippen LogP contribution is 2.21. The number of carbonyl (C=O) groups is 2. The molecule has 2 heterocycles. The Morgan fingerprint density at radius 1 is 1.26 bits per heavy atom. The van der Waals surface area contributed by atoms with Crippen molar-refractivity contribution in [2.45, 2.75) is 6.92 Å². The fourth-order valence-corrected chi connectivity index (χ4v) is 2.61. The number of esters is 1. The highest BCUT2D eigenvalue weighted by molar-refractivity contribution is 9.10. The lowest BCUT2D eigenvalue weighted by molar-refractivity contribution is 0.0529. The first-order valence-corrected chi connectivity index (χ1v) is 7.83.